The van der Waals surface area contributed by atoms with E-state index in [0.717, 1.165) is 0 Å². The summed E-state index contributed by atoms with van der Waals surface area (Å²) in [5.74, 6) is 0. The molecule has 0 aliphatic rings. The Morgan fingerprint density at radius 2 is 1.50 bits per heavy atom. The van der Waals surface area contributed by atoms with E-state index in [2.05, 4.69) is 27.7 Å². The summed E-state index contributed by atoms with van der Waals surface area (Å²) in [6.45, 7) is 14.5. The Hall–Kier alpha value is 0.177. The molecule has 1 nitrogen and oxygen atoms in total. The molecule has 2 heteroatoms. The maximum Gasteiger partial charge on any atom is 0.167 e. The van der Waals surface area contributed by atoms with E-state index in [0.29, 0.717) is 5.04 Å². The lowest BCUT2D eigenvalue weighted by molar-refractivity contribution is 0.160. The van der Waals surface area contributed by atoms with Crippen molar-refractivity contribution in [1.82, 2.24) is 0 Å². The van der Waals surface area contributed by atoms with Crippen LogP contribution in [0.4, 0.5) is 0 Å². The molecule has 0 saturated heterocycles. The van der Waals surface area contributed by atoms with Crippen LogP contribution < -0.4 is 0 Å². The van der Waals surface area contributed by atoms with Crippen LogP contribution >= 0.6 is 0 Å². The average molecular weight is 159 g/mol. The van der Waals surface area contributed by atoms with E-state index in [4.69, 9.17) is 4.43 Å². The first-order valence-electron chi connectivity index (χ1n) is 3.70. The highest BCUT2D eigenvalue weighted by Gasteiger charge is 2.17. The summed E-state index contributed by atoms with van der Waals surface area (Å²) >= 11 is 0. The van der Waals surface area contributed by atoms with Crippen molar-refractivity contribution in [2.24, 2.45) is 0 Å². The molecule has 61 valence electrons. The number of hydrogen-bond donors (Lipinski definition) is 0. The van der Waals surface area contributed by atoms with Gasteiger partial charge in [0.1, 0.15) is 0 Å². The van der Waals surface area contributed by atoms with Crippen molar-refractivity contribution in [3.05, 3.63) is 6.92 Å². The molecule has 0 aromatic carbocycles. The number of hydrogen-bond acceptors (Lipinski definition) is 1. The quantitative estimate of drug-likeness (QED) is 0.559. The van der Waals surface area contributed by atoms with E-state index in [1.54, 1.807) is 0 Å². The van der Waals surface area contributed by atoms with E-state index < -0.39 is 9.76 Å². The lowest BCUT2D eigenvalue weighted by Gasteiger charge is -2.25. The third-order valence-corrected chi connectivity index (χ3v) is 2.69. The molecule has 0 fully saturated rings. The summed E-state index contributed by atoms with van der Waals surface area (Å²) in [6.07, 6.45) is 0. The predicted octanol–water partition coefficient (Wildman–Crippen LogP) is 1.92. The van der Waals surface area contributed by atoms with Gasteiger partial charge in [0.05, 0.1) is 0 Å². The fraction of sp³-hybridized carbons (Fsp3) is 0.875. The lowest BCUT2D eigenvalue weighted by atomic mass is 10.2. The maximum atomic E-state index is 5.62. The second kappa shape index (κ2) is 3.05. The molecule has 0 amide bonds. The van der Waals surface area contributed by atoms with Crippen LogP contribution in [0, 0.1) is 6.92 Å². The summed E-state index contributed by atoms with van der Waals surface area (Å²) in [5, 5.41) is 0.384. The second-order valence-corrected chi connectivity index (χ2v) is 7.31. The van der Waals surface area contributed by atoms with Crippen molar-refractivity contribution in [3.8, 4) is 0 Å². The van der Waals surface area contributed by atoms with Gasteiger partial charge < -0.3 is 4.43 Å². The predicted molar refractivity (Wildman–Crippen MR) is 48.8 cm³/mol. The molecule has 0 aliphatic carbocycles. The maximum absolute atomic E-state index is 5.62. The van der Waals surface area contributed by atoms with Crippen molar-refractivity contribution in [1.29, 1.82) is 0 Å². The van der Waals surface area contributed by atoms with Crippen LogP contribution in [0.3, 0.4) is 0 Å². The summed E-state index contributed by atoms with van der Waals surface area (Å²) in [5.41, 5.74) is -0.181. The van der Waals surface area contributed by atoms with Crippen molar-refractivity contribution < 1.29 is 4.43 Å². The molecule has 1 radical (unpaired) electrons. The molecule has 0 spiro atoms. The van der Waals surface area contributed by atoms with Crippen LogP contribution in [0.25, 0.3) is 0 Å². The van der Waals surface area contributed by atoms with E-state index in [1.807, 2.05) is 13.8 Å². The van der Waals surface area contributed by atoms with Crippen LogP contribution in [0.15, 0.2) is 0 Å². The Labute approximate surface area is 67.1 Å². The fourth-order valence-corrected chi connectivity index (χ4v) is 1.24. The zero-order valence-electron chi connectivity index (χ0n) is 7.82. The summed E-state index contributed by atoms with van der Waals surface area (Å²) in [6, 6.07) is 0. The van der Waals surface area contributed by atoms with Gasteiger partial charge >= 0.3 is 0 Å². The topological polar surface area (TPSA) is 9.23 Å². The molecule has 0 unspecified atom stereocenters. The zero-order chi connectivity index (χ0) is 8.41. The second-order valence-electron chi connectivity index (χ2n) is 4.61. The largest absolute Gasteiger partial charge is 0.419 e. The van der Waals surface area contributed by atoms with Gasteiger partial charge in [-0.2, -0.15) is 0 Å². The highest BCUT2D eigenvalue weighted by Crippen LogP contribution is 2.22. The molecule has 0 heterocycles. The summed E-state index contributed by atoms with van der Waals surface area (Å²) < 4.78 is 5.62. The Bertz CT molecular complexity index is 82.8. The zero-order valence-corrected chi connectivity index (χ0v) is 9.24. The molecule has 0 saturated carbocycles. The van der Waals surface area contributed by atoms with Gasteiger partial charge in [0, 0.05) is 5.60 Å². The monoisotopic (exact) mass is 159 g/mol. The molecular weight excluding hydrogens is 140 g/mol. The van der Waals surface area contributed by atoms with Crippen LogP contribution in [-0.2, 0) is 4.43 Å². The van der Waals surface area contributed by atoms with E-state index in [-0.39, 0.29) is 5.60 Å². The summed E-state index contributed by atoms with van der Waals surface area (Å²) in [4.78, 5) is 0. The number of rotatable bonds is 2. The van der Waals surface area contributed by atoms with Crippen LogP contribution in [0.1, 0.15) is 34.6 Å². The van der Waals surface area contributed by atoms with Gasteiger partial charge in [-0.05, 0) is 25.8 Å². The third-order valence-electron chi connectivity index (χ3n) is 0.896. The van der Waals surface area contributed by atoms with Gasteiger partial charge in [0.2, 0.25) is 0 Å². The van der Waals surface area contributed by atoms with Gasteiger partial charge in [-0.15, -0.1) is 0 Å². The van der Waals surface area contributed by atoms with E-state index in [9.17, 15) is 0 Å². The van der Waals surface area contributed by atoms with Gasteiger partial charge in [-0.1, -0.05) is 20.8 Å². The first-order chi connectivity index (χ1) is 4.21. The smallest absolute Gasteiger partial charge is 0.167 e. The SMILES string of the molecule is [CH2]C(C)(C)O[SiH2]C(C)(C)C. The first-order valence-corrected chi connectivity index (χ1v) is 4.98. The van der Waals surface area contributed by atoms with Crippen molar-refractivity contribution in [2.45, 2.75) is 45.3 Å². The van der Waals surface area contributed by atoms with Crippen molar-refractivity contribution in [3.63, 3.8) is 0 Å². The Morgan fingerprint density at radius 1 is 1.10 bits per heavy atom. The van der Waals surface area contributed by atoms with Crippen molar-refractivity contribution >= 4 is 9.76 Å². The molecular formula is C8H19OSi. The van der Waals surface area contributed by atoms with Crippen molar-refractivity contribution in [2.75, 3.05) is 0 Å². The molecule has 0 aromatic heterocycles. The Kier molecular flexibility index (Phi) is 3.11. The van der Waals surface area contributed by atoms with E-state index in [1.165, 1.54) is 0 Å². The molecule has 0 rings (SSSR count). The van der Waals surface area contributed by atoms with E-state index >= 15 is 0 Å². The average Bonchev–Trinajstić information content (AvgIpc) is 1.57. The van der Waals surface area contributed by atoms with Crippen LogP contribution in [-0.4, -0.2) is 15.4 Å². The lowest BCUT2D eigenvalue weighted by Crippen LogP contribution is -2.26. The Balaban J connectivity index is 3.56. The highest BCUT2D eigenvalue weighted by molar-refractivity contribution is 6.31. The third kappa shape index (κ3) is 8.18. The minimum absolute atomic E-state index is 0.181. The molecule has 0 atom stereocenters. The van der Waals surface area contributed by atoms with Gasteiger partial charge in [0.15, 0.2) is 9.76 Å². The van der Waals surface area contributed by atoms with Crippen LogP contribution in [0.2, 0.25) is 5.04 Å². The Morgan fingerprint density at radius 3 is 1.60 bits per heavy atom. The molecule has 0 N–H and O–H groups in total. The molecule has 0 aromatic rings. The first kappa shape index (κ1) is 10.2. The minimum Gasteiger partial charge on any atom is -0.419 e. The van der Waals surface area contributed by atoms with Gasteiger partial charge in [0.25, 0.3) is 0 Å². The van der Waals surface area contributed by atoms with Gasteiger partial charge in [-0.25, -0.2) is 0 Å². The molecule has 0 bridgehead atoms. The summed E-state index contributed by atoms with van der Waals surface area (Å²) in [7, 11) is -0.417. The normalized spacial score (nSPS) is 15.0. The van der Waals surface area contributed by atoms with Gasteiger partial charge in [-0.3, -0.25) is 0 Å². The highest BCUT2D eigenvalue weighted by atomic mass is 28.2. The standard InChI is InChI=1S/C8H19OSi/c1-7(2,3)9-10-8(4,5)6/h1,10H2,2-6H3. The molecule has 0 aliphatic heterocycles. The molecule has 10 heavy (non-hydrogen) atoms. The minimum atomic E-state index is -0.417. The van der Waals surface area contributed by atoms with Crippen LogP contribution in [0.5, 0.6) is 0 Å². The fourth-order valence-electron chi connectivity index (χ4n) is 0.412.